The number of ether oxygens (including phenoxy) is 2. The Morgan fingerprint density at radius 3 is 2.73 bits per heavy atom. The maximum atomic E-state index is 12.2. The Kier molecular flexibility index (Phi) is 7.41. The molecule has 4 rings (SSSR count). The highest BCUT2D eigenvalue weighted by atomic mass is 127. The maximum absolute atomic E-state index is 12.2. The molecule has 0 atom stereocenters. The molecule has 1 aromatic heterocycles. The molecule has 8 heteroatoms. The first-order valence-corrected chi connectivity index (χ1v) is 11.4. The average molecular weight is 572 g/mol. The molecular weight excluding hydrogens is 553 g/mol. The van der Waals surface area contributed by atoms with Crippen molar-refractivity contribution >= 4 is 57.1 Å². The fraction of sp³-hybridized carbons (Fsp3) is 0.0800. The predicted octanol–water partition coefficient (Wildman–Crippen LogP) is 5.84. The molecule has 1 heterocycles. The lowest BCUT2D eigenvalue weighted by Gasteiger charge is -2.14. The standard InChI is InChI=1S/C25H19ClIN3O3/c1-32-22-13-17(14-29-30-25(31)20-7-4-10-28-24(20)26)12-21(27)23(22)33-15-16-8-9-18-5-2-3-6-19(18)11-16/h2-14H,15H2,1H3,(H,30,31). The van der Waals surface area contributed by atoms with E-state index in [-0.39, 0.29) is 10.7 Å². The van der Waals surface area contributed by atoms with Gasteiger partial charge in [-0.1, -0.05) is 48.0 Å². The van der Waals surface area contributed by atoms with E-state index >= 15 is 0 Å². The van der Waals surface area contributed by atoms with Crippen molar-refractivity contribution in [1.82, 2.24) is 10.4 Å². The Morgan fingerprint density at radius 1 is 1.12 bits per heavy atom. The van der Waals surface area contributed by atoms with Gasteiger partial charge >= 0.3 is 0 Å². The van der Waals surface area contributed by atoms with Gasteiger partial charge in [0.05, 0.1) is 22.5 Å². The summed E-state index contributed by atoms with van der Waals surface area (Å²) in [5.74, 6) is 0.779. The van der Waals surface area contributed by atoms with E-state index in [2.05, 4.69) is 68.4 Å². The molecule has 0 saturated heterocycles. The molecule has 0 aliphatic carbocycles. The van der Waals surface area contributed by atoms with Crippen LogP contribution in [0.25, 0.3) is 10.8 Å². The number of pyridine rings is 1. The summed E-state index contributed by atoms with van der Waals surface area (Å²) in [5, 5.41) is 6.49. The SMILES string of the molecule is COc1cc(C=NNC(=O)c2cccnc2Cl)cc(I)c1OCc1ccc2ccccc2c1. The molecule has 33 heavy (non-hydrogen) atoms. The van der Waals surface area contributed by atoms with Crippen molar-refractivity contribution in [2.45, 2.75) is 6.61 Å². The lowest BCUT2D eigenvalue weighted by molar-refractivity contribution is 0.0955. The topological polar surface area (TPSA) is 72.8 Å². The number of nitrogens with zero attached hydrogens (tertiary/aromatic N) is 2. The number of carbonyl (C=O) groups excluding carboxylic acids is 1. The monoisotopic (exact) mass is 571 g/mol. The summed E-state index contributed by atoms with van der Waals surface area (Å²) in [6, 6.07) is 21.4. The molecule has 1 N–H and O–H groups in total. The quantitative estimate of drug-likeness (QED) is 0.131. The van der Waals surface area contributed by atoms with Crippen LogP contribution in [0.4, 0.5) is 0 Å². The number of carbonyl (C=O) groups is 1. The van der Waals surface area contributed by atoms with Gasteiger partial charge in [-0.2, -0.15) is 5.10 Å². The molecule has 0 aliphatic heterocycles. The summed E-state index contributed by atoms with van der Waals surface area (Å²) in [5.41, 5.74) is 4.51. The number of hydrogen-bond acceptors (Lipinski definition) is 5. The van der Waals surface area contributed by atoms with Gasteiger partial charge in [0, 0.05) is 6.20 Å². The van der Waals surface area contributed by atoms with Gasteiger partial charge in [0.15, 0.2) is 11.5 Å². The Morgan fingerprint density at radius 2 is 1.94 bits per heavy atom. The zero-order valence-electron chi connectivity index (χ0n) is 17.6. The van der Waals surface area contributed by atoms with Crippen molar-refractivity contribution in [3.8, 4) is 11.5 Å². The van der Waals surface area contributed by atoms with Crippen LogP contribution in [0, 0.1) is 3.57 Å². The molecule has 0 unspecified atom stereocenters. The summed E-state index contributed by atoms with van der Waals surface area (Å²) >= 11 is 8.13. The second-order valence-corrected chi connectivity index (χ2v) is 8.57. The van der Waals surface area contributed by atoms with E-state index in [0.717, 1.165) is 14.7 Å². The van der Waals surface area contributed by atoms with Crippen LogP contribution in [0.15, 0.2) is 78.0 Å². The third-order valence-corrected chi connectivity index (χ3v) is 5.93. The minimum Gasteiger partial charge on any atom is -0.493 e. The fourth-order valence-electron chi connectivity index (χ4n) is 3.22. The molecule has 1 amide bonds. The van der Waals surface area contributed by atoms with Crippen molar-refractivity contribution in [2.75, 3.05) is 7.11 Å². The molecule has 0 spiro atoms. The number of nitrogens with one attached hydrogen (secondary N) is 1. The highest BCUT2D eigenvalue weighted by Gasteiger charge is 2.13. The van der Waals surface area contributed by atoms with Gasteiger partial charge in [0.1, 0.15) is 11.8 Å². The molecule has 6 nitrogen and oxygen atoms in total. The highest BCUT2D eigenvalue weighted by Crippen LogP contribution is 2.34. The third-order valence-electron chi connectivity index (χ3n) is 4.83. The van der Waals surface area contributed by atoms with Crippen molar-refractivity contribution in [1.29, 1.82) is 0 Å². The molecule has 0 fully saturated rings. The number of halogens is 2. The number of benzene rings is 3. The Hall–Kier alpha value is -3.17. The molecule has 0 saturated carbocycles. The van der Waals surface area contributed by atoms with Gasteiger partial charge in [-0.25, -0.2) is 10.4 Å². The highest BCUT2D eigenvalue weighted by molar-refractivity contribution is 14.1. The Balaban J connectivity index is 1.46. The van der Waals surface area contributed by atoms with Crippen LogP contribution >= 0.6 is 34.2 Å². The summed E-state index contributed by atoms with van der Waals surface area (Å²) in [4.78, 5) is 16.1. The number of hydrazone groups is 1. The van der Waals surface area contributed by atoms with Crippen LogP contribution in [0.5, 0.6) is 11.5 Å². The van der Waals surface area contributed by atoms with Crippen molar-refractivity contribution in [3.05, 3.63) is 98.3 Å². The van der Waals surface area contributed by atoms with Crippen LogP contribution in [0.1, 0.15) is 21.5 Å². The molecule has 3 aromatic carbocycles. The van der Waals surface area contributed by atoms with Crippen LogP contribution in [-0.4, -0.2) is 24.2 Å². The van der Waals surface area contributed by atoms with Gasteiger partial charge in [0.25, 0.3) is 5.91 Å². The van der Waals surface area contributed by atoms with Gasteiger partial charge in [0.2, 0.25) is 0 Å². The van der Waals surface area contributed by atoms with Crippen LogP contribution < -0.4 is 14.9 Å². The lowest BCUT2D eigenvalue weighted by Crippen LogP contribution is -2.18. The summed E-state index contributed by atoms with van der Waals surface area (Å²) < 4.78 is 12.5. The second kappa shape index (κ2) is 10.6. The number of amides is 1. The zero-order chi connectivity index (χ0) is 23.2. The summed E-state index contributed by atoms with van der Waals surface area (Å²) in [7, 11) is 1.58. The molecule has 0 aliphatic rings. The molecule has 0 bridgehead atoms. The van der Waals surface area contributed by atoms with E-state index in [1.807, 2.05) is 18.2 Å². The van der Waals surface area contributed by atoms with Crippen molar-refractivity contribution in [3.63, 3.8) is 0 Å². The molecular formula is C25H19ClIN3O3. The smallest absolute Gasteiger partial charge is 0.274 e. The lowest BCUT2D eigenvalue weighted by atomic mass is 10.1. The number of methoxy groups -OCH3 is 1. The van der Waals surface area contributed by atoms with Gasteiger partial charge in [-0.15, -0.1) is 0 Å². The first kappa shape index (κ1) is 23.0. The van der Waals surface area contributed by atoms with Crippen molar-refractivity contribution < 1.29 is 14.3 Å². The maximum Gasteiger partial charge on any atom is 0.274 e. The Labute approximate surface area is 209 Å². The number of aromatic nitrogens is 1. The van der Waals surface area contributed by atoms with Crippen LogP contribution in [-0.2, 0) is 6.61 Å². The summed E-state index contributed by atoms with van der Waals surface area (Å²) in [6.45, 7) is 0.409. The van der Waals surface area contributed by atoms with E-state index in [0.29, 0.717) is 18.1 Å². The Bertz CT molecular complexity index is 1340. The van der Waals surface area contributed by atoms with E-state index in [1.54, 1.807) is 25.3 Å². The normalized spacial score (nSPS) is 11.0. The average Bonchev–Trinajstić information content (AvgIpc) is 2.83. The largest absolute Gasteiger partial charge is 0.493 e. The fourth-order valence-corrected chi connectivity index (χ4v) is 4.21. The van der Waals surface area contributed by atoms with E-state index in [9.17, 15) is 4.79 Å². The molecule has 0 radical (unpaired) electrons. The second-order valence-electron chi connectivity index (χ2n) is 7.05. The number of rotatable bonds is 7. The zero-order valence-corrected chi connectivity index (χ0v) is 20.5. The van der Waals surface area contributed by atoms with Gasteiger partial charge in [-0.3, -0.25) is 4.79 Å². The van der Waals surface area contributed by atoms with Gasteiger partial charge < -0.3 is 9.47 Å². The third kappa shape index (κ3) is 5.61. The first-order valence-electron chi connectivity index (χ1n) is 9.97. The van der Waals surface area contributed by atoms with Crippen molar-refractivity contribution in [2.24, 2.45) is 5.10 Å². The van der Waals surface area contributed by atoms with Gasteiger partial charge in [-0.05, 0) is 74.8 Å². The van der Waals surface area contributed by atoms with Crippen LogP contribution in [0.2, 0.25) is 5.15 Å². The summed E-state index contributed by atoms with van der Waals surface area (Å²) in [6.07, 6.45) is 3.04. The van der Waals surface area contributed by atoms with E-state index < -0.39 is 5.91 Å². The minimum absolute atomic E-state index is 0.120. The number of fused-ring (bicyclic) bond motifs is 1. The van der Waals surface area contributed by atoms with E-state index in [1.165, 1.54) is 23.2 Å². The van der Waals surface area contributed by atoms with Crippen LogP contribution in [0.3, 0.4) is 0 Å². The number of hydrogen-bond donors (Lipinski definition) is 1. The first-order chi connectivity index (χ1) is 16.0. The molecule has 4 aromatic rings. The van der Waals surface area contributed by atoms with E-state index in [4.69, 9.17) is 21.1 Å². The molecule has 166 valence electrons. The predicted molar refractivity (Wildman–Crippen MR) is 138 cm³/mol. The minimum atomic E-state index is -0.443.